The summed E-state index contributed by atoms with van der Waals surface area (Å²) in [5.74, 6) is 0. The van der Waals surface area contributed by atoms with Gasteiger partial charge in [-0.1, -0.05) is 11.8 Å². The number of rotatable bonds is 1. The van der Waals surface area contributed by atoms with Gasteiger partial charge in [0.1, 0.15) is 6.33 Å². The molecule has 0 radical (unpaired) electrons. The van der Waals surface area contributed by atoms with Gasteiger partial charge in [0.2, 0.25) is 0 Å². The first-order valence-corrected chi connectivity index (χ1v) is 3.05. The molecule has 0 unspecified atom stereocenters. The van der Waals surface area contributed by atoms with E-state index in [0.29, 0.717) is 0 Å². The molecule has 3 nitrogen and oxygen atoms in total. The van der Waals surface area contributed by atoms with Crippen molar-refractivity contribution in [2.75, 3.05) is 6.26 Å². The van der Waals surface area contributed by atoms with Gasteiger partial charge < -0.3 is 0 Å². The van der Waals surface area contributed by atoms with Gasteiger partial charge in [0.25, 0.3) is 0 Å². The molecule has 0 atom stereocenters. The molecule has 0 aromatic carbocycles. The second kappa shape index (κ2) is 4.13. The maximum absolute atomic E-state index is 3.83. The van der Waals surface area contributed by atoms with Crippen LogP contribution in [0.15, 0.2) is 11.5 Å². The van der Waals surface area contributed by atoms with Gasteiger partial charge >= 0.3 is 0 Å². The Hall–Kier alpha value is 0.220. The average Bonchev–Trinajstić information content (AvgIpc) is 2.14. The largest absolute Gasteiger partial charge is 0.254 e. The van der Waals surface area contributed by atoms with Gasteiger partial charge in [-0.15, -0.1) is 24.0 Å². The second-order valence-corrected chi connectivity index (χ2v) is 1.79. The van der Waals surface area contributed by atoms with E-state index >= 15 is 0 Å². The summed E-state index contributed by atoms with van der Waals surface area (Å²) in [6.45, 7) is 0. The minimum absolute atomic E-state index is 0. The molecule has 0 bridgehead atoms. The lowest BCUT2D eigenvalue weighted by molar-refractivity contribution is 0.976. The lowest BCUT2D eigenvalue weighted by atomic mass is 11.3. The standard InChI is InChI=1S/C3H5N3S.HI/c1-7-3-4-2-5-6-3;/h2H,1H3,(H,4,5,6);1H. The van der Waals surface area contributed by atoms with Crippen LogP contribution < -0.4 is 0 Å². The van der Waals surface area contributed by atoms with E-state index in [1.807, 2.05) is 6.26 Å². The van der Waals surface area contributed by atoms with E-state index in [1.165, 1.54) is 6.33 Å². The van der Waals surface area contributed by atoms with Crippen LogP contribution >= 0.6 is 35.7 Å². The maximum Gasteiger partial charge on any atom is 0.183 e. The van der Waals surface area contributed by atoms with Crippen LogP contribution in [-0.2, 0) is 0 Å². The molecule has 0 aliphatic heterocycles. The Morgan fingerprint density at radius 1 is 1.75 bits per heavy atom. The monoisotopic (exact) mass is 243 g/mol. The number of aromatic nitrogens is 3. The third-order valence-corrected chi connectivity index (χ3v) is 1.17. The predicted molar refractivity (Wildman–Crippen MR) is 43.6 cm³/mol. The van der Waals surface area contributed by atoms with Gasteiger partial charge in [0.05, 0.1) is 0 Å². The number of halogens is 1. The zero-order chi connectivity index (χ0) is 5.11. The summed E-state index contributed by atoms with van der Waals surface area (Å²) in [5, 5.41) is 7.19. The summed E-state index contributed by atoms with van der Waals surface area (Å²) in [4.78, 5) is 3.83. The van der Waals surface area contributed by atoms with Crippen LogP contribution in [-0.4, -0.2) is 21.4 Å². The van der Waals surface area contributed by atoms with Crippen LogP contribution in [0, 0.1) is 0 Å². The van der Waals surface area contributed by atoms with Crippen LogP contribution in [0.5, 0.6) is 0 Å². The van der Waals surface area contributed by atoms with Crippen molar-refractivity contribution >= 4 is 35.7 Å². The number of hydrogen-bond donors (Lipinski definition) is 1. The molecule has 5 heteroatoms. The molecule has 1 aromatic heterocycles. The number of aromatic amines is 1. The Morgan fingerprint density at radius 2 is 2.50 bits per heavy atom. The molecule has 46 valence electrons. The van der Waals surface area contributed by atoms with Crippen LogP contribution in [0.1, 0.15) is 0 Å². The third-order valence-electron chi connectivity index (χ3n) is 0.586. The van der Waals surface area contributed by atoms with E-state index in [2.05, 4.69) is 15.2 Å². The highest BCUT2D eigenvalue weighted by atomic mass is 127. The zero-order valence-corrected chi connectivity index (χ0v) is 7.44. The summed E-state index contributed by atoms with van der Waals surface area (Å²) in [7, 11) is 0. The summed E-state index contributed by atoms with van der Waals surface area (Å²) < 4.78 is 0. The zero-order valence-electron chi connectivity index (χ0n) is 4.29. The Morgan fingerprint density at radius 3 is 2.75 bits per heavy atom. The van der Waals surface area contributed by atoms with Crippen molar-refractivity contribution in [3.8, 4) is 0 Å². The highest BCUT2D eigenvalue weighted by molar-refractivity contribution is 14.0. The Balaban J connectivity index is 0.000000490. The molecule has 1 rings (SSSR count). The van der Waals surface area contributed by atoms with Gasteiger partial charge in [-0.3, -0.25) is 5.10 Å². The fraction of sp³-hybridized carbons (Fsp3) is 0.333. The minimum atomic E-state index is 0. The average molecular weight is 243 g/mol. The molecular weight excluding hydrogens is 237 g/mol. The molecule has 0 saturated carbocycles. The summed E-state index contributed by atoms with van der Waals surface area (Å²) in [6.07, 6.45) is 3.44. The molecule has 1 heterocycles. The normalized spacial score (nSPS) is 8.12. The fourth-order valence-electron chi connectivity index (χ4n) is 0.293. The molecule has 0 fully saturated rings. The number of hydrogen-bond acceptors (Lipinski definition) is 3. The SMILES string of the molecule is CSc1ncn[nH]1.I. The van der Waals surface area contributed by atoms with E-state index in [4.69, 9.17) is 0 Å². The predicted octanol–water partition coefficient (Wildman–Crippen LogP) is 1.14. The molecule has 0 spiro atoms. The quantitative estimate of drug-likeness (QED) is 0.594. The first-order valence-electron chi connectivity index (χ1n) is 1.83. The lowest BCUT2D eigenvalue weighted by Crippen LogP contribution is -1.68. The topological polar surface area (TPSA) is 41.6 Å². The van der Waals surface area contributed by atoms with Gasteiger partial charge in [-0.05, 0) is 6.26 Å². The Labute approximate surface area is 68.7 Å². The molecular formula is C3H6IN3S. The van der Waals surface area contributed by atoms with Crippen molar-refractivity contribution < 1.29 is 0 Å². The van der Waals surface area contributed by atoms with Gasteiger partial charge in [0, 0.05) is 0 Å². The van der Waals surface area contributed by atoms with E-state index in [-0.39, 0.29) is 24.0 Å². The summed E-state index contributed by atoms with van der Waals surface area (Å²) >= 11 is 1.55. The van der Waals surface area contributed by atoms with Crippen LogP contribution in [0.25, 0.3) is 0 Å². The smallest absolute Gasteiger partial charge is 0.183 e. The van der Waals surface area contributed by atoms with E-state index in [9.17, 15) is 0 Å². The van der Waals surface area contributed by atoms with E-state index in [1.54, 1.807) is 11.8 Å². The van der Waals surface area contributed by atoms with Crippen molar-refractivity contribution in [1.82, 2.24) is 15.2 Å². The van der Waals surface area contributed by atoms with Crippen molar-refractivity contribution in [2.24, 2.45) is 0 Å². The summed E-state index contributed by atoms with van der Waals surface area (Å²) in [6, 6.07) is 0. The highest BCUT2D eigenvalue weighted by Gasteiger charge is 1.84. The number of thioether (sulfide) groups is 1. The van der Waals surface area contributed by atoms with Gasteiger partial charge in [0.15, 0.2) is 5.16 Å². The van der Waals surface area contributed by atoms with Crippen LogP contribution in [0.4, 0.5) is 0 Å². The van der Waals surface area contributed by atoms with Gasteiger partial charge in [-0.25, -0.2) is 4.98 Å². The highest BCUT2D eigenvalue weighted by Crippen LogP contribution is 2.02. The van der Waals surface area contributed by atoms with Crippen LogP contribution in [0.2, 0.25) is 0 Å². The van der Waals surface area contributed by atoms with Crippen molar-refractivity contribution in [3.63, 3.8) is 0 Å². The van der Waals surface area contributed by atoms with Crippen LogP contribution in [0.3, 0.4) is 0 Å². The first-order chi connectivity index (χ1) is 3.43. The maximum atomic E-state index is 3.83. The fourth-order valence-corrected chi connectivity index (χ4v) is 0.589. The molecule has 0 amide bonds. The van der Waals surface area contributed by atoms with E-state index in [0.717, 1.165) is 5.16 Å². The molecule has 1 N–H and O–H groups in total. The summed E-state index contributed by atoms with van der Waals surface area (Å²) in [5.41, 5.74) is 0. The van der Waals surface area contributed by atoms with E-state index < -0.39 is 0 Å². The Kier molecular flexibility index (Phi) is 4.25. The number of H-pyrrole nitrogens is 1. The number of nitrogens with one attached hydrogen (secondary N) is 1. The van der Waals surface area contributed by atoms with Crippen molar-refractivity contribution in [1.29, 1.82) is 0 Å². The lowest BCUT2D eigenvalue weighted by Gasteiger charge is -1.77. The van der Waals surface area contributed by atoms with Crippen molar-refractivity contribution in [3.05, 3.63) is 6.33 Å². The van der Waals surface area contributed by atoms with Crippen molar-refractivity contribution in [2.45, 2.75) is 5.16 Å². The second-order valence-electron chi connectivity index (χ2n) is 0.995. The molecule has 1 aromatic rings. The Bertz CT molecular complexity index is 129. The van der Waals surface area contributed by atoms with Gasteiger partial charge in [-0.2, -0.15) is 5.10 Å². The molecule has 0 aliphatic rings. The molecule has 8 heavy (non-hydrogen) atoms. The third kappa shape index (κ3) is 1.99. The first kappa shape index (κ1) is 8.22. The molecule has 0 aliphatic carbocycles. The molecule has 0 saturated heterocycles. The minimum Gasteiger partial charge on any atom is -0.254 e. The number of nitrogens with zero attached hydrogens (tertiary/aromatic N) is 2.